The number of para-hydroxylation sites is 2. The molecule has 0 fully saturated rings. The molecule has 1 amide bonds. The zero-order valence-electron chi connectivity index (χ0n) is 13.3. The van der Waals surface area contributed by atoms with Gasteiger partial charge in [-0.25, -0.2) is 0 Å². The number of anilines is 1. The monoisotopic (exact) mass is 299 g/mol. The lowest BCUT2D eigenvalue weighted by molar-refractivity contribution is -0.122. The van der Waals surface area contributed by atoms with Gasteiger partial charge in [0.25, 0.3) is 5.91 Å². The zero-order chi connectivity index (χ0) is 16.1. The van der Waals surface area contributed by atoms with Crippen LogP contribution in [0.1, 0.15) is 18.1 Å². The number of carbonyl (C=O) groups excluding carboxylic acids is 1. The third-order valence-corrected chi connectivity index (χ3v) is 3.38. The Morgan fingerprint density at radius 1 is 1.09 bits per heavy atom. The number of carbonyl (C=O) groups is 1. The number of methoxy groups -OCH3 is 1. The average Bonchev–Trinajstić information content (AvgIpc) is 2.50. The third kappa shape index (κ3) is 3.79. The van der Waals surface area contributed by atoms with Crippen LogP contribution in [0.3, 0.4) is 0 Å². The molecule has 0 radical (unpaired) electrons. The SMILES string of the molecule is COc1ccccc1OC(C)C(=O)Nc1ccc(C)cc1C. The number of hydrogen-bond acceptors (Lipinski definition) is 3. The van der Waals surface area contributed by atoms with Crippen LogP contribution in [0.5, 0.6) is 11.5 Å². The number of ether oxygens (including phenoxy) is 2. The first kappa shape index (κ1) is 15.9. The Morgan fingerprint density at radius 2 is 1.77 bits per heavy atom. The second-order valence-corrected chi connectivity index (χ2v) is 5.22. The number of aryl methyl sites for hydroxylation is 2. The Kier molecular flexibility index (Phi) is 5.04. The molecule has 1 unspecified atom stereocenters. The molecular weight excluding hydrogens is 278 g/mol. The van der Waals surface area contributed by atoms with Crippen LogP contribution in [0.2, 0.25) is 0 Å². The molecule has 0 aliphatic heterocycles. The molecule has 0 saturated carbocycles. The van der Waals surface area contributed by atoms with Crippen molar-refractivity contribution in [2.75, 3.05) is 12.4 Å². The van der Waals surface area contributed by atoms with E-state index in [4.69, 9.17) is 9.47 Å². The number of amides is 1. The van der Waals surface area contributed by atoms with Crippen molar-refractivity contribution in [3.8, 4) is 11.5 Å². The van der Waals surface area contributed by atoms with Gasteiger partial charge in [-0.1, -0.05) is 29.8 Å². The highest BCUT2D eigenvalue weighted by atomic mass is 16.5. The smallest absolute Gasteiger partial charge is 0.265 e. The van der Waals surface area contributed by atoms with E-state index in [-0.39, 0.29) is 5.91 Å². The van der Waals surface area contributed by atoms with Crippen LogP contribution >= 0.6 is 0 Å². The van der Waals surface area contributed by atoms with Crippen molar-refractivity contribution in [1.29, 1.82) is 0 Å². The summed E-state index contributed by atoms with van der Waals surface area (Å²) < 4.78 is 10.9. The normalized spacial score (nSPS) is 11.6. The van der Waals surface area contributed by atoms with E-state index in [0.717, 1.165) is 16.8 Å². The molecule has 2 aromatic carbocycles. The molecule has 0 aromatic heterocycles. The highest BCUT2D eigenvalue weighted by Crippen LogP contribution is 2.27. The van der Waals surface area contributed by atoms with Crippen molar-refractivity contribution in [2.45, 2.75) is 26.9 Å². The lowest BCUT2D eigenvalue weighted by atomic mass is 10.1. The maximum absolute atomic E-state index is 12.3. The number of hydrogen-bond donors (Lipinski definition) is 1. The Bertz CT molecular complexity index is 667. The molecule has 0 heterocycles. The van der Waals surface area contributed by atoms with Crippen molar-refractivity contribution >= 4 is 11.6 Å². The second-order valence-electron chi connectivity index (χ2n) is 5.22. The molecule has 1 N–H and O–H groups in total. The average molecular weight is 299 g/mol. The molecule has 4 nitrogen and oxygen atoms in total. The van der Waals surface area contributed by atoms with Gasteiger partial charge in [-0.3, -0.25) is 4.79 Å². The maximum Gasteiger partial charge on any atom is 0.265 e. The zero-order valence-corrected chi connectivity index (χ0v) is 13.3. The lowest BCUT2D eigenvalue weighted by Crippen LogP contribution is -2.30. The standard InChI is InChI=1S/C18H21NO3/c1-12-9-10-15(13(2)11-12)19-18(20)14(3)22-17-8-6-5-7-16(17)21-4/h5-11,14H,1-4H3,(H,19,20). The van der Waals surface area contributed by atoms with Crippen LogP contribution in [0.4, 0.5) is 5.69 Å². The van der Waals surface area contributed by atoms with Gasteiger partial charge < -0.3 is 14.8 Å². The lowest BCUT2D eigenvalue weighted by Gasteiger charge is -2.17. The molecule has 116 valence electrons. The Labute approximate surface area is 131 Å². The molecule has 1 atom stereocenters. The number of nitrogens with one attached hydrogen (secondary N) is 1. The summed E-state index contributed by atoms with van der Waals surface area (Å²) in [6.07, 6.45) is -0.628. The predicted octanol–water partition coefficient (Wildman–Crippen LogP) is 3.72. The van der Waals surface area contributed by atoms with Crippen LogP contribution < -0.4 is 14.8 Å². The first-order valence-corrected chi connectivity index (χ1v) is 7.19. The van der Waals surface area contributed by atoms with Gasteiger partial charge in [-0.2, -0.15) is 0 Å². The Morgan fingerprint density at radius 3 is 2.41 bits per heavy atom. The van der Waals surface area contributed by atoms with Crippen molar-refractivity contribution in [1.82, 2.24) is 0 Å². The number of rotatable bonds is 5. The van der Waals surface area contributed by atoms with Gasteiger partial charge in [0, 0.05) is 5.69 Å². The maximum atomic E-state index is 12.3. The molecule has 0 bridgehead atoms. The molecule has 22 heavy (non-hydrogen) atoms. The minimum atomic E-state index is -0.628. The van der Waals surface area contributed by atoms with Crippen molar-refractivity contribution in [3.63, 3.8) is 0 Å². The van der Waals surface area contributed by atoms with Gasteiger partial charge in [0.15, 0.2) is 17.6 Å². The van der Waals surface area contributed by atoms with Crippen molar-refractivity contribution in [2.24, 2.45) is 0 Å². The highest BCUT2D eigenvalue weighted by molar-refractivity contribution is 5.94. The summed E-state index contributed by atoms with van der Waals surface area (Å²) in [6, 6.07) is 13.2. The van der Waals surface area contributed by atoms with Crippen LogP contribution in [-0.2, 0) is 4.79 Å². The van der Waals surface area contributed by atoms with Gasteiger partial charge in [0.05, 0.1) is 7.11 Å². The first-order valence-electron chi connectivity index (χ1n) is 7.19. The molecular formula is C18H21NO3. The summed E-state index contributed by atoms with van der Waals surface area (Å²) in [6.45, 7) is 5.70. The second kappa shape index (κ2) is 6.98. The van der Waals surface area contributed by atoms with Crippen molar-refractivity contribution in [3.05, 3.63) is 53.6 Å². The van der Waals surface area contributed by atoms with E-state index in [1.807, 2.05) is 44.2 Å². The van der Waals surface area contributed by atoms with E-state index in [1.165, 1.54) is 0 Å². The first-order chi connectivity index (χ1) is 10.5. The van der Waals surface area contributed by atoms with E-state index in [1.54, 1.807) is 26.2 Å². The molecule has 0 saturated heterocycles. The number of benzene rings is 2. The molecule has 0 aliphatic rings. The van der Waals surface area contributed by atoms with Gasteiger partial charge >= 0.3 is 0 Å². The van der Waals surface area contributed by atoms with Crippen molar-refractivity contribution < 1.29 is 14.3 Å². The Balaban J connectivity index is 2.06. The van der Waals surface area contributed by atoms with Crippen LogP contribution in [0.25, 0.3) is 0 Å². The third-order valence-electron chi connectivity index (χ3n) is 3.38. The van der Waals surface area contributed by atoms with E-state index >= 15 is 0 Å². The molecule has 4 heteroatoms. The van der Waals surface area contributed by atoms with Crippen LogP contribution in [0.15, 0.2) is 42.5 Å². The van der Waals surface area contributed by atoms with E-state index in [0.29, 0.717) is 11.5 Å². The van der Waals surface area contributed by atoms with Crippen LogP contribution in [-0.4, -0.2) is 19.1 Å². The van der Waals surface area contributed by atoms with Gasteiger partial charge in [0.1, 0.15) is 0 Å². The summed E-state index contributed by atoms with van der Waals surface area (Å²) in [5.41, 5.74) is 2.98. The van der Waals surface area contributed by atoms with Gasteiger partial charge in [-0.15, -0.1) is 0 Å². The highest BCUT2D eigenvalue weighted by Gasteiger charge is 2.17. The fraction of sp³-hybridized carbons (Fsp3) is 0.278. The quantitative estimate of drug-likeness (QED) is 0.915. The molecule has 2 aromatic rings. The minimum absolute atomic E-state index is 0.196. The Hall–Kier alpha value is -2.49. The van der Waals surface area contributed by atoms with E-state index < -0.39 is 6.10 Å². The van der Waals surface area contributed by atoms with E-state index in [9.17, 15) is 4.79 Å². The van der Waals surface area contributed by atoms with Gasteiger partial charge in [-0.05, 0) is 44.5 Å². The molecule has 0 spiro atoms. The summed E-state index contributed by atoms with van der Waals surface area (Å²) in [4.78, 5) is 12.3. The topological polar surface area (TPSA) is 47.6 Å². The molecule has 0 aliphatic carbocycles. The summed E-state index contributed by atoms with van der Waals surface area (Å²) in [5.74, 6) is 0.958. The van der Waals surface area contributed by atoms with Crippen LogP contribution in [0, 0.1) is 13.8 Å². The summed E-state index contributed by atoms with van der Waals surface area (Å²) in [5, 5.41) is 2.89. The fourth-order valence-corrected chi connectivity index (χ4v) is 2.15. The van der Waals surface area contributed by atoms with E-state index in [2.05, 4.69) is 5.32 Å². The minimum Gasteiger partial charge on any atom is -0.493 e. The summed E-state index contributed by atoms with van der Waals surface area (Å²) in [7, 11) is 1.57. The fourth-order valence-electron chi connectivity index (χ4n) is 2.15. The molecule has 2 rings (SSSR count). The van der Waals surface area contributed by atoms with Gasteiger partial charge in [0.2, 0.25) is 0 Å². The predicted molar refractivity (Wildman–Crippen MR) is 87.6 cm³/mol. The largest absolute Gasteiger partial charge is 0.493 e. The summed E-state index contributed by atoms with van der Waals surface area (Å²) >= 11 is 0.